The first-order valence-corrected chi connectivity index (χ1v) is 8.90. The van der Waals surface area contributed by atoms with E-state index < -0.39 is 29.6 Å². The molecule has 1 atom stereocenters. The van der Waals surface area contributed by atoms with E-state index in [1.165, 1.54) is 12.1 Å². The SMILES string of the molecule is CC(C)CC(C(=O)Nc1cc(Cl)ccc1F)N1C(=O)c2ccccc2C1=O. The van der Waals surface area contributed by atoms with Crippen molar-refractivity contribution in [3.63, 3.8) is 0 Å². The first-order chi connectivity index (χ1) is 12.8. The predicted octanol–water partition coefficient (Wildman–Crippen LogP) is 4.13. The number of rotatable bonds is 5. The van der Waals surface area contributed by atoms with E-state index in [0.717, 1.165) is 11.0 Å². The summed E-state index contributed by atoms with van der Waals surface area (Å²) in [7, 11) is 0. The minimum atomic E-state index is -1.06. The zero-order chi connectivity index (χ0) is 19.7. The number of carbonyl (C=O) groups is 3. The molecule has 1 aliphatic rings. The Morgan fingerprint density at radius 3 is 2.26 bits per heavy atom. The van der Waals surface area contributed by atoms with Gasteiger partial charge in [-0.3, -0.25) is 19.3 Å². The number of fused-ring (bicyclic) bond motifs is 1. The molecule has 2 aromatic rings. The van der Waals surface area contributed by atoms with Crippen molar-refractivity contribution >= 4 is 35.0 Å². The van der Waals surface area contributed by atoms with Gasteiger partial charge in [0.05, 0.1) is 16.8 Å². The van der Waals surface area contributed by atoms with E-state index in [1.807, 2.05) is 13.8 Å². The first-order valence-electron chi connectivity index (χ1n) is 8.52. The van der Waals surface area contributed by atoms with E-state index in [2.05, 4.69) is 5.32 Å². The third-order valence-corrected chi connectivity index (χ3v) is 4.56. The van der Waals surface area contributed by atoms with E-state index in [-0.39, 0.29) is 34.2 Å². The van der Waals surface area contributed by atoms with Crippen LogP contribution in [-0.4, -0.2) is 28.7 Å². The van der Waals surface area contributed by atoms with Crippen molar-refractivity contribution in [2.75, 3.05) is 5.32 Å². The van der Waals surface area contributed by atoms with Crippen molar-refractivity contribution in [2.45, 2.75) is 26.3 Å². The fourth-order valence-corrected chi connectivity index (χ4v) is 3.25. The van der Waals surface area contributed by atoms with Crippen molar-refractivity contribution < 1.29 is 18.8 Å². The van der Waals surface area contributed by atoms with Crippen LogP contribution >= 0.6 is 11.6 Å². The van der Waals surface area contributed by atoms with Gasteiger partial charge >= 0.3 is 0 Å². The van der Waals surface area contributed by atoms with Crippen LogP contribution in [0, 0.1) is 11.7 Å². The smallest absolute Gasteiger partial charge is 0.262 e. The number of anilines is 1. The Labute approximate surface area is 161 Å². The third kappa shape index (κ3) is 3.71. The summed E-state index contributed by atoms with van der Waals surface area (Å²) in [6.07, 6.45) is 0.249. The topological polar surface area (TPSA) is 66.5 Å². The summed E-state index contributed by atoms with van der Waals surface area (Å²) >= 11 is 5.86. The molecule has 0 aliphatic carbocycles. The summed E-state index contributed by atoms with van der Waals surface area (Å²) in [4.78, 5) is 39.3. The number of imide groups is 1. The summed E-state index contributed by atoms with van der Waals surface area (Å²) in [6.45, 7) is 3.75. The van der Waals surface area contributed by atoms with Crippen molar-refractivity contribution in [1.82, 2.24) is 4.90 Å². The molecule has 3 rings (SSSR count). The highest BCUT2D eigenvalue weighted by molar-refractivity contribution is 6.31. The molecule has 1 N–H and O–H groups in total. The number of hydrogen-bond donors (Lipinski definition) is 1. The second-order valence-corrected chi connectivity index (χ2v) is 7.22. The molecule has 5 nitrogen and oxygen atoms in total. The number of nitrogens with zero attached hydrogens (tertiary/aromatic N) is 1. The Balaban J connectivity index is 1.93. The molecule has 0 radical (unpaired) electrons. The molecule has 1 heterocycles. The van der Waals surface area contributed by atoms with E-state index in [4.69, 9.17) is 11.6 Å². The molecule has 0 fully saturated rings. The van der Waals surface area contributed by atoms with Crippen LogP contribution in [0.5, 0.6) is 0 Å². The molecular weight excluding hydrogens is 371 g/mol. The lowest BCUT2D eigenvalue weighted by atomic mass is 10.0. The van der Waals surface area contributed by atoms with Gasteiger partial charge in [0, 0.05) is 5.02 Å². The molecule has 0 saturated carbocycles. The van der Waals surface area contributed by atoms with Crippen LogP contribution in [0.3, 0.4) is 0 Å². The maximum atomic E-state index is 14.0. The van der Waals surface area contributed by atoms with Gasteiger partial charge in [0.15, 0.2) is 0 Å². The van der Waals surface area contributed by atoms with Crippen LogP contribution in [0.15, 0.2) is 42.5 Å². The first kappa shape index (κ1) is 19.0. The molecule has 0 saturated heterocycles. The molecule has 27 heavy (non-hydrogen) atoms. The van der Waals surface area contributed by atoms with Crippen LogP contribution in [0.4, 0.5) is 10.1 Å². The van der Waals surface area contributed by atoms with Crippen molar-refractivity contribution in [1.29, 1.82) is 0 Å². The molecule has 2 aromatic carbocycles. The normalized spacial score (nSPS) is 14.5. The molecule has 7 heteroatoms. The Morgan fingerprint density at radius 1 is 1.11 bits per heavy atom. The molecule has 1 unspecified atom stereocenters. The molecule has 0 aromatic heterocycles. The van der Waals surface area contributed by atoms with Gasteiger partial charge in [0.1, 0.15) is 11.9 Å². The van der Waals surface area contributed by atoms with Crippen LogP contribution in [0.2, 0.25) is 5.02 Å². The highest BCUT2D eigenvalue weighted by Gasteiger charge is 2.42. The molecule has 1 aliphatic heterocycles. The minimum absolute atomic E-state index is 0.0225. The highest BCUT2D eigenvalue weighted by Crippen LogP contribution is 2.28. The van der Waals surface area contributed by atoms with Gasteiger partial charge < -0.3 is 5.32 Å². The quantitative estimate of drug-likeness (QED) is 0.783. The monoisotopic (exact) mass is 388 g/mol. The van der Waals surface area contributed by atoms with Gasteiger partial charge in [-0.2, -0.15) is 0 Å². The summed E-state index contributed by atoms with van der Waals surface area (Å²) in [5.41, 5.74) is 0.425. The van der Waals surface area contributed by atoms with Crippen LogP contribution in [0.25, 0.3) is 0 Å². The maximum Gasteiger partial charge on any atom is 0.262 e. The summed E-state index contributed by atoms with van der Waals surface area (Å²) in [5.74, 6) is -2.32. The Hall–Kier alpha value is -2.73. The lowest BCUT2D eigenvalue weighted by Crippen LogP contribution is -2.48. The number of nitrogens with one attached hydrogen (secondary N) is 1. The van der Waals surface area contributed by atoms with Crippen molar-refractivity contribution in [3.05, 3.63) is 64.4 Å². The fourth-order valence-electron chi connectivity index (χ4n) is 3.08. The predicted molar refractivity (Wildman–Crippen MR) is 100 cm³/mol. The molecule has 140 valence electrons. The van der Waals surface area contributed by atoms with Gasteiger partial charge in [-0.1, -0.05) is 37.6 Å². The Morgan fingerprint density at radius 2 is 1.70 bits per heavy atom. The van der Waals surface area contributed by atoms with Gasteiger partial charge in [0.25, 0.3) is 11.8 Å². The fraction of sp³-hybridized carbons (Fsp3) is 0.250. The van der Waals surface area contributed by atoms with Gasteiger partial charge in [-0.15, -0.1) is 0 Å². The standard InChI is InChI=1S/C20H18ClFN2O3/c1-11(2)9-17(18(25)23-16-10-12(21)7-8-15(16)22)24-19(26)13-5-3-4-6-14(13)20(24)27/h3-8,10-11,17H,9H2,1-2H3,(H,23,25). The van der Waals surface area contributed by atoms with Gasteiger partial charge in [-0.05, 0) is 42.7 Å². The van der Waals surface area contributed by atoms with Gasteiger partial charge in [0.2, 0.25) is 5.91 Å². The lowest BCUT2D eigenvalue weighted by Gasteiger charge is -2.26. The Kier molecular flexibility index (Phi) is 5.28. The lowest BCUT2D eigenvalue weighted by molar-refractivity contribution is -0.120. The number of hydrogen-bond acceptors (Lipinski definition) is 3. The average molecular weight is 389 g/mol. The van der Waals surface area contributed by atoms with Crippen LogP contribution in [-0.2, 0) is 4.79 Å². The maximum absolute atomic E-state index is 14.0. The molecule has 0 bridgehead atoms. The number of carbonyl (C=O) groups excluding carboxylic acids is 3. The van der Waals surface area contributed by atoms with E-state index in [1.54, 1.807) is 24.3 Å². The number of benzene rings is 2. The van der Waals surface area contributed by atoms with Crippen LogP contribution < -0.4 is 5.32 Å². The van der Waals surface area contributed by atoms with E-state index >= 15 is 0 Å². The second kappa shape index (κ2) is 7.48. The summed E-state index contributed by atoms with van der Waals surface area (Å²) < 4.78 is 14.0. The van der Waals surface area contributed by atoms with Crippen molar-refractivity contribution in [2.24, 2.45) is 5.92 Å². The molecule has 3 amide bonds. The Bertz CT molecular complexity index is 894. The van der Waals surface area contributed by atoms with Crippen molar-refractivity contribution in [3.8, 4) is 0 Å². The minimum Gasteiger partial charge on any atom is -0.322 e. The molecular formula is C20H18ClFN2O3. The summed E-state index contributed by atoms with van der Waals surface area (Å²) in [6, 6.07) is 9.14. The number of amides is 3. The third-order valence-electron chi connectivity index (χ3n) is 4.32. The van der Waals surface area contributed by atoms with E-state index in [9.17, 15) is 18.8 Å². The van der Waals surface area contributed by atoms with Crippen LogP contribution in [0.1, 0.15) is 41.0 Å². The van der Waals surface area contributed by atoms with E-state index in [0.29, 0.717) is 0 Å². The highest BCUT2D eigenvalue weighted by atomic mass is 35.5. The number of halogens is 2. The zero-order valence-corrected chi connectivity index (χ0v) is 15.6. The largest absolute Gasteiger partial charge is 0.322 e. The summed E-state index contributed by atoms with van der Waals surface area (Å²) in [5, 5.41) is 2.71. The van der Waals surface area contributed by atoms with Gasteiger partial charge in [-0.25, -0.2) is 4.39 Å². The molecule has 0 spiro atoms. The second-order valence-electron chi connectivity index (χ2n) is 6.78. The zero-order valence-electron chi connectivity index (χ0n) is 14.8. The average Bonchev–Trinajstić information content (AvgIpc) is 2.87.